The van der Waals surface area contributed by atoms with Gasteiger partial charge in [-0.2, -0.15) is 0 Å². The molecule has 20 N–H and O–H groups in total. The minimum atomic E-state index is 0. The van der Waals surface area contributed by atoms with Gasteiger partial charge in [0.2, 0.25) is 0 Å². The summed E-state index contributed by atoms with van der Waals surface area (Å²) in [4.78, 5) is 38.6. The van der Waals surface area contributed by atoms with Crippen molar-refractivity contribution in [2.45, 2.75) is 180 Å². The maximum absolute atomic E-state index is 10.8. The van der Waals surface area contributed by atoms with E-state index in [0.717, 1.165) is 148 Å². The molecule has 10 atom stereocenters. The first-order chi connectivity index (χ1) is 57.2. The largest absolute Gasteiger partial charge is 0.399 e. The molecule has 0 saturated heterocycles. The number of fused-ring (bicyclic) bond motifs is 10. The van der Waals surface area contributed by atoms with E-state index in [-0.39, 0.29) is 27.7 Å². The predicted octanol–water partition coefficient (Wildman–Crippen LogP) is 23.9. The van der Waals surface area contributed by atoms with Crippen LogP contribution in [0.25, 0.3) is 0 Å². The third-order valence-electron chi connectivity index (χ3n) is 26.1. The van der Waals surface area contributed by atoms with Crippen molar-refractivity contribution in [3.63, 3.8) is 0 Å². The number of hydrogen-bond donors (Lipinski definition) is 10. The van der Waals surface area contributed by atoms with E-state index in [4.69, 9.17) is 66.9 Å². The van der Waals surface area contributed by atoms with Gasteiger partial charge in [0.1, 0.15) is 25.1 Å². The van der Waals surface area contributed by atoms with Crippen LogP contribution in [0.15, 0.2) is 255 Å². The molecule has 8 aliphatic carbocycles. The fourth-order valence-corrected chi connectivity index (χ4v) is 20.2. The number of aldehydes is 4. The second-order valence-electron chi connectivity index (χ2n) is 33.7. The second kappa shape index (κ2) is 50.5. The number of hydrogen-bond acceptors (Lipinski definition) is 14. The minimum Gasteiger partial charge on any atom is -0.399 e. The molecular formula is C104H140Cl2N10O4. The highest BCUT2D eigenvalue weighted by Gasteiger charge is 2.56. The molecule has 14 nitrogen and oxygen atoms in total. The maximum Gasteiger partial charge on any atom is 0.123 e. The first-order valence-electron chi connectivity index (χ1n) is 43.4. The molecule has 0 aliphatic heterocycles. The monoisotopic (exact) mass is 1670 g/mol. The molecule has 0 heterocycles. The second-order valence-corrected chi connectivity index (χ2v) is 33.7. The number of rotatable bonds is 12. The number of nitrogen functional groups attached to an aromatic ring is 10. The van der Waals surface area contributed by atoms with Crippen molar-refractivity contribution >= 4 is 107 Å². The quantitative estimate of drug-likeness (QED) is 0.0402. The van der Waals surface area contributed by atoms with E-state index in [9.17, 15) is 9.59 Å². The van der Waals surface area contributed by atoms with E-state index < -0.39 is 0 Å². The van der Waals surface area contributed by atoms with E-state index in [1.54, 1.807) is 0 Å². The average Bonchev–Trinajstić information content (AvgIpc) is 1.58. The zero-order valence-corrected chi connectivity index (χ0v) is 72.8. The molecule has 8 aliphatic rings. The molecule has 0 aromatic heterocycles. The molecule has 644 valence electrons. The standard InChI is InChI=1S/C23H28N2.C19H24N2.2C14H16N2.C11H16O.C7H12O.2C6H7N.2C2H4O.2ClH.2H2/c24-17-8-4-14(5-9-17)23(15-6-10-18(25)11-7-15)22-13-16-12-21(22)20-3-1-2-19(16)20;20-17-10-6-15(7-11-17)19(14-4-2-1-3-5-14)16-8-12-18(21)13-9-16;2*1-10(11-2-6-13(15)7-3-11)12-4-8-14(16)9-5-12;12-6-8-4-7-5-11(8)10-3-1-2-9(7)10;8-6-7-4-2-1-3-5-7;2*7-6-4-2-1-3-5-6;2*1-2-3;;;;/h4-11,16,19-23H,1-3,12-13,24-25H2;6-14,19H,1-5,20-21H2;2*2-10H,15-16H2,1H3;6-11H,1-5H2;6-7H,1-5H2;2*1-5H,7H2;2*2H,1H3;4*1H/i;;;;;;;;;;;;2*1+1. The Morgan fingerprint density at radius 3 is 0.808 bits per heavy atom. The normalized spacial score (nSPS) is 20.9. The average molecular weight is 1670 g/mol. The van der Waals surface area contributed by atoms with Crippen molar-refractivity contribution in [3.8, 4) is 0 Å². The molecule has 10 unspecified atom stereocenters. The van der Waals surface area contributed by atoms with Gasteiger partial charge in [-0.25, -0.2) is 0 Å². The van der Waals surface area contributed by atoms with Gasteiger partial charge in [0, 0.05) is 95.2 Å². The molecule has 16 heteroatoms. The van der Waals surface area contributed by atoms with Crippen molar-refractivity contribution in [1.82, 2.24) is 0 Å². The van der Waals surface area contributed by atoms with Crippen LogP contribution in [0.3, 0.4) is 0 Å². The van der Waals surface area contributed by atoms with Gasteiger partial charge in [-0.3, -0.25) is 0 Å². The molecule has 4 bridgehead atoms. The number of halogens is 2. The van der Waals surface area contributed by atoms with Crippen molar-refractivity contribution in [2.75, 3.05) is 57.3 Å². The zero-order chi connectivity index (χ0) is 84.3. The molecule has 10 aromatic carbocycles. The lowest BCUT2D eigenvalue weighted by molar-refractivity contribution is -0.113. The van der Waals surface area contributed by atoms with Gasteiger partial charge in [0.05, 0.1) is 0 Å². The van der Waals surface area contributed by atoms with Gasteiger partial charge < -0.3 is 76.5 Å². The fraction of sp³-hybridized carbons (Fsp3) is 0.385. The number of carbonyl (C=O) groups is 4. The number of benzene rings is 10. The summed E-state index contributed by atoms with van der Waals surface area (Å²) in [6.45, 7) is 7.24. The SMILES string of the molecule is CC(c1ccc(N)cc1)c1ccc(N)cc1.CC(c1ccc(N)cc1)c1ccc(N)cc1.CC=O.CC=O.Cl.Cl.Nc1ccc(C(c2ccc(N)cc2)C2CC3CC2C2CCCC32)cc1.Nc1ccc(C(c2ccc(N)cc2)C2CCCCC2)cc1.Nc1ccccc1.Nc1ccccc1.O=CC1CC2CC1C1CCCC21.O=CC1CCCCC1.[2HH].[2HH]. The first kappa shape index (κ1) is 96.6. The molecule has 8 fully saturated rings. The molecule has 18 rings (SSSR count). The van der Waals surface area contributed by atoms with Crippen LogP contribution in [0.5, 0.6) is 0 Å². The highest BCUT2D eigenvalue weighted by atomic mass is 35.5. The van der Waals surface area contributed by atoms with E-state index in [1.165, 1.54) is 180 Å². The first-order valence-corrected chi connectivity index (χ1v) is 43.4. The number of nitrogens with two attached hydrogens (primary N) is 10. The van der Waals surface area contributed by atoms with E-state index >= 15 is 0 Å². The Morgan fingerprint density at radius 1 is 0.267 bits per heavy atom. The van der Waals surface area contributed by atoms with Crippen LogP contribution in [-0.4, -0.2) is 25.1 Å². The Balaban J connectivity index is 0.000000252. The molecular weight excluding hydrogens is 1520 g/mol. The summed E-state index contributed by atoms with van der Waals surface area (Å²) in [6, 6.07) is 85.0. The minimum absolute atomic E-state index is 0. The van der Waals surface area contributed by atoms with Crippen LogP contribution in [0.2, 0.25) is 0 Å². The Kier molecular flexibility index (Phi) is 40.7. The number of para-hydroxylation sites is 2. The molecule has 10 aromatic rings. The Hall–Kier alpha value is -10.5. The highest BCUT2D eigenvalue weighted by Crippen LogP contribution is 2.65. The summed E-state index contributed by atoms with van der Waals surface area (Å²) in [6.07, 6.45) is 31.0. The smallest absolute Gasteiger partial charge is 0.123 e. The molecule has 0 spiro atoms. The molecule has 8 saturated carbocycles. The Labute approximate surface area is 731 Å². The van der Waals surface area contributed by atoms with E-state index in [2.05, 4.69) is 135 Å². The Morgan fingerprint density at radius 2 is 0.525 bits per heavy atom. The third-order valence-corrected chi connectivity index (χ3v) is 26.1. The summed E-state index contributed by atoms with van der Waals surface area (Å²) >= 11 is 0. The van der Waals surface area contributed by atoms with Gasteiger partial charge in [-0.15, -0.1) is 24.8 Å². The van der Waals surface area contributed by atoms with Crippen LogP contribution in [0.1, 0.15) is 227 Å². The van der Waals surface area contributed by atoms with Crippen LogP contribution < -0.4 is 57.3 Å². The van der Waals surface area contributed by atoms with Crippen LogP contribution >= 0.6 is 24.8 Å². The molecule has 0 amide bonds. The summed E-state index contributed by atoms with van der Waals surface area (Å²) in [5.41, 5.74) is 75.8. The zero-order valence-electron chi connectivity index (χ0n) is 71.2. The number of anilines is 10. The van der Waals surface area contributed by atoms with Crippen molar-refractivity contribution in [1.29, 1.82) is 0 Å². The van der Waals surface area contributed by atoms with Crippen LogP contribution in [0, 0.1) is 71.0 Å². The summed E-state index contributed by atoms with van der Waals surface area (Å²) < 4.78 is 0. The van der Waals surface area contributed by atoms with Crippen LogP contribution in [-0.2, 0) is 19.2 Å². The molecule has 0 radical (unpaired) electrons. The van der Waals surface area contributed by atoms with Gasteiger partial charge in [0.25, 0.3) is 0 Å². The topological polar surface area (TPSA) is 328 Å². The maximum atomic E-state index is 10.8. The van der Waals surface area contributed by atoms with Gasteiger partial charge in [-0.05, 0) is 316 Å². The Bertz CT molecular complexity index is 4210. The summed E-state index contributed by atoms with van der Waals surface area (Å²) in [7, 11) is 0. The number of carbonyl (C=O) groups excluding carboxylic acids is 4. The van der Waals surface area contributed by atoms with Gasteiger partial charge >= 0.3 is 0 Å². The van der Waals surface area contributed by atoms with Crippen molar-refractivity contribution in [2.24, 2.45) is 71.0 Å². The fourth-order valence-electron chi connectivity index (χ4n) is 20.2. The lowest BCUT2D eigenvalue weighted by Gasteiger charge is -2.37. The van der Waals surface area contributed by atoms with E-state index in [0.29, 0.717) is 35.5 Å². The lowest BCUT2D eigenvalue weighted by atomic mass is 9.67. The highest BCUT2D eigenvalue weighted by molar-refractivity contribution is 5.85. The van der Waals surface area contributed by atoms with Gasteiger partial charge in [-0.1, -0.05) is 199 Å². The summed E-state index contributed by atoms with van der Waals surface area (Å²) in [5, 5.41) is 0. The van der Waals surface area contributed by atoms with Crippen molar-refractivity contribution in [3.05, 3.63) is 299 Å². The summed E-state index contributed by atoms with van der Waals surface area (Å²) in [5.74, 6) is 11.7. The third kappa shape index (κ3) is 28.9. The van der Waals surface area contributed by atoms with Crippen molar-refractivity contribution < 1.29 is 22.0 Å². The molecule has 120 heavy (non-hydrogen) atoms. The van der Waals surface area contributed by atoms with Crippen LogP contribution in [0.4, 0.5) is 56.9 Å². The van der Waals surface area contributed by atoms with E-state index in [1.807, 2.05) is 133 Å². The van der Waals surface area contributed by atoms with Gasteiger partial charge in [0.15, 0.2) is 0 Å². The predicted molar refractivity (Wildman–Crippen MR) is 516 cm³/mol. The lowest BCUT2D eigenvalue weighted by Crippen LogP contribution is -2.29.